The van der Waals surface area contributed by atoms with E-state index in [0.29, 0.717) is 19.0 Å². The molecular weight excluding hydrogens is 338 g/mol. The standard InChI is InChI=1S/C19H22F2N4O/c1-22-19(23-13-14-12-15(20)6-7-16(14)21)25-10-8-24(9-11-25)17-4-2-3-5-18(17)26/h2-7,12,26H,8-11,13H2,1H3,(H,22,23). The number of piperazine rings is 1. The summed E-state index contributed by atoms with van der Waals surface area (Å²) in [4.78, 5) is 8.42. The fraction of sp³-hybridized carbons (Fsp3) is 0.316. The van der Waals surface area contributed by atoms with E-state index in [1.165, 1.54) is 6.07 Å². The third-order valence-corrected chi connectivity index (χ3v) is 4.46. The molecule has 0 saturated carbocycles. The number of nitrogens with one attached hydrogen (secondary N) is 1. The van der Waals surface area contributed by atoms with Gasteiger partial charge in [-0.2, -0.15) is 0 Å². The van der Waals surface area contributed by atoms with Crippen LogP contribution >= 0.6 is 0 Å². The summed E-state index contributed by atoms with van der Waals surface area (Å²) in [6, 6.07) is 10.7. The first-order chi connectivity index (χ1) is 12.6. The second-order valence-electron chi connectivity index (χ2n) is 6.10. The maximum absolute atomic E-state index is 13.8. The van der Waals surface area contributed by atoms with Crippen molar-refractivity contribution in [1.29, 1.82) is 0 Å². The van der Waals surface area contributed by atoms with Crippen molar-refractivity contribution in [2.24, 2.45) is 4.99 Å². The van der Waals surface area contributed by atoms with Crippen LogP contribution in [0.5, 0.6) is 5.75 Å². The molecule has 1 aliphatic rings. The summed E-state index contributed by atoms with van der Waals surface area (Å²) in [5.41, 5.74) is 1.08. The normalized spacial score (nSPS) is 15.3. The van der Waals surface area contributed by atoms with E-state index >= 15 is 0 Å². The van der Waals surface area contributed by atoms with E-state index in [4.69, 9.17) is 0 Å². The molecule has 0 bridgehead atoms. The quantitative estimate of drug-likeness (QED) is 0.653. The van der Waals surface area contributed by atoms with Gasteiger partial charge in [-0.25, -0.2) is 8.78 Å². The van der Waals surface area contributed by atoms with Gasteiger partial charge < -0.3 is 20.2 Å². The Bertz CT molecular complexity index is 789. The average molecular weight is 360 g/mol. The number of rotatable bonds is 3. The van der Waals surface area contributed by atoms with Crippen LogP contribution in [0.15, 0.2) is 47.5 Å². The fourth-order valence-electron chi connectivity index (χ4n) is 3.08. The smallest absolute Gasteiger partial charge is 0.194 e. The van der Waals surface area contributed by atoms with E-state index in [1.807, 2.05) is 12.1 Å². The van der Waals surface area contributed by atoms with Crippen molar-refractivity contribution >= 4 is 11.6 Å². The molecular formula is C19H22F2N4O. The Balaban J connectivity index is 1.59. The molecule has 138 valence electrons. The van der Waals surface area contributed by atoms with E-state index in [-0.39, 0.29) is 17.9 Å². The van der Waals surface area contributed by atoms with Crippen LogP contribution in [0.2, 0.25) is 0 Å². The Morgan fingerprint density at radius 2 is 1.85 bits per heavy atom. The van der Waals surface area contributed by atoms with Crippen molar-refractivity contribution in [3.8, 4) is 5.75 Å². The highest BCUT2D eigenvalue weighted by Gasteiger charge is 2.21. The molecule has 0 atom stereocenters. The molecule has 1 aliphatic heterocycles. The van der Waals surface area contributed by atoms with Gasteiger partial charge in [-0.3, -0.25) is 4.99 Å². The first-order valence-corrected chi connectivity index (χ1v) is 8.51. The first kappa shape index (κ1) is 18.0. The van der Waals surface area contributed by atoms with Crippen molar-refractivity contribution in [3.05, 3.63) is 59.7 Å². The van der Waals surface area contributed by atoms with E-state index in [1.54, 1.807) is 19.2 Å². The number of aliphatic imine (C=N–C) groups is 1. The van der Waals surface area contributed by atoms with Gasteiger partial charge in [0, 0.05) is 45.3 Å². The number of phenols is 1. The molecule has 0 aromatic heterocycles. The van der Waals surface area contributed by atoms with Crippen molar-refractivity contribution in [3.63, 3.8) is 0 Å². The summed E-state index contributed by atoms with van der Waals surface area (Å²) in [7, 11) is 1.67. The lowest BCUT2D eigenvalue weighted by Gasteiger charge is -2.37. The molecule has 26 heavy (non-hydrogen) atoms. The number of halogens is 2. The van der Waals surface area contributed by atoms with Crippen molar-refractivity contribution in [2.75, 3.05) is 38.1 Å². The van der Waals surface area contributed by atoms with Crippen LogP contribution < -0.4 is 10.2 Å². The van der Waals surface area contributed by atoms with E-state index in [0.717, 1.165) is 30.9 Å². The van der Waals surface area contributed by atoms with Crippen LogP contribution in [-0.4, -0.2) is 49.2 Å². The van der Waals surface area contributed by atoms with Gasteiger partial charge in [-0.05, 0) is 30.3 Å². The minimum Gasteiger partial charge on any atom is -0.506 e. The number of benzene rings is 2. The molecule has 1 heterocycles. The van der Waals surface area contributed by atoms with Crippen LogP contribution in [0.4, 0.5) is 14.5 Å². The molecule has 5 nitrogen and oxygen atoms in total. The van der Waals surface area contributed by atoms with Gasteiger partial charge in [-0.1, -0.05) is 12.1 Å². The number of aromatic hydroxyl groups is 1. The topological polar surface area (TPSA) is 51.1 Å². The summed E-state index contributed by atoms with van der Waals surface area (Å²) in [6.45, 7) is 3.04. The SMILES string of the molecule is CN=C(NCc1cc(F)ccc1F)N1CCN(c2ccccc2O)CC1. The first-order valence-electron chi connectivity index (χ1n) is 8.51. The zero-order valence-corrected chi connectivity index (χ0v) is 14.6. The molecule has 3 rings (SSSR count). The molecule has 0 spiro atoms. The maximum Gasteiger partial charge on any atom is 0.194 e. The van der Waals surface area contributed by atoms with Crippen LogP contribution in [0, 0.1) is 11.6 Å². The maximum atomic E-state index is 13.8. The van der Waals surface area contributed by atoms with Crippen molar-refractivity contribution in [1.82, 2.24) is 10.2 Å². The second-order valence-corrected chi connectivity index (χ2v) is 6.10. The second kappa shape index (κ2) is 8.03. The lowest BCUT2D eigenvalue weighted by atomic mass is 10.2. The average Bonchev–Trinajstić information content (AvgIpc) is 2.66. The summed E-state index contributed by atoms with van der Waals surface area (Å²) in [5, 5.41) is 13.1. The van der Waals surface area contributed by atoms with E-state index in [9.17, 15) is 13.9 Å². The van der Waals surface area contributed by atoms with E-state index < -0.39 is 11.6 Å². The predicted octanol–water partition coefficient (Wildman–Crippen LogP) is 2.57. The van der Waals surface area contributed by atoms with Gasteiger partial charge >= 0.3 is 0 Å². The zero-order valence-electron chi connectivity index (χ0n) is 14.6. The number of phenolic OH excluding ortho intramolecular Hbond substituents is 1. The Morgan fingerprint density at radius 3 is 2.54 bits per heavy atom. The third-order valence-electron chi connectivity index (χ3n) is 4.46. The van der Waals surface area contributed by atoms with Gasteiger partial charge in [0.05, 0.1) is 5.69 Å². The molecule has 0 unspecified atom stereocenters. The zero-order chi connectivity index (χ0) is 18.5. The van der Waals surface area contributed by atoms with Crippen molar-refractivity contribution < 1.29 is 13.9 Å². The lowest BCUT2D eigenvalue weighted by molar-refractivity contribution is 0.369. The molecule has 1 fully saturated rings. The predicted molar refractivity (Wildman–Crippen MR) is 98.4 cm³/mol. The molecule has 2 aromatic carbocycles. The Kier molecular flexibility index (Phi) is 5.55. The lowest BCUT2D eigenvalue weighted by Crippen LogP contribution is -2.52. The summed E-state index contributed by atoms with van der Waals surface area (Å²) < 4.78 is 27.0. The Labute approximate surface area is 151 Å². The summed E-state index contributed by atoms with van der Waals surface area (Å²) in [6.07, 6.45) is 0. The molecule has 7 heteroatoms. The molecule has 2 N–H and O–H groups in total. The number of hydrogen-bond donors (Lipinski definition) is 2. The largest absolute Gasteiger partial charge is 0.506 e. The number of nitrogens with zero attached hydrogens (tertiary/aromatic N) is 3. The number of guanidine groups is 1. The van der Waals surface area contributed by atoms with Crippen LogP contribution in [0.25, 0.3) is 0 Å². The minimum absolute atomic E-state index is 0.163. The number of anilines is 1. The van der Waals surface area contributed by atoms with Gasteiger partial charge in [0.25, 0.3) is 0 Å². The van der Waals surface area contributed by atoms with Crippen LogP contribution in [0.3, 0.4) is 0 Å². The third kappa shape index (κ3) is 4.04. The fourth-order valence-corrected chi connectivity index (χ4v) is 3.08. The number of para-hydroxylation sites is 2. The van der Waals surface area contributed by atoms with E-state index in [2.05, 4.69) is 20.1 Å². The highest BCUT2D eigenvalue weighted by molar-refractivity contribution is 5.80. The number of hydrogen-bond acceptors (Lipinski definition) is 3. The molecule has 1 saturated heterocycles. The van der Waals surface area contributed by atoms with Gasteiger partial charge in [0.1, 0.15) is 17.4 Å². The van der Waals surface area contributed by atoms with Crippen LogP contribution in [0.1, 0.15) is 5.56 Å². The Hall–Kier alpha value is -2.83. The highest BCUT2D eigenvalue weighted by Crippen LogP contribution is 2.27. The molecule has 0 radical (unpaired) electrons. The van der Waals surface area contributed by atoms with Gasteiger partial charge in [0.15, 0.2) is 5.96 Å². The summed E-state index contributed by atoms with van der Waals surface area (Å²) >= 11 is 0. The monoisotopic (exact) mass is 360 g/mol. The molecule has 0 aliphatic carbocycles. The molecule has 2 aromatic rings. The molecule has 0 amide bonds. The van der Waals surface area contributed by atoms with Crippen molar-refractivity contribution in [2.45, 2.75) is 6.54 Å². The Morgan fingerprint density at radius 1 is 1.12 bits per heavy atom. The minimum atomic E-state index is -0.463. The highest BCUT2D eigenvalue weighted by atomic mass is 19.1. The van der Waals surface area contributed by atoms with Gasteiger partial charge in [-0.15, -0.1) is 0 Å². The van der Waals surface area contributed by atoms with Gasteiger partial charge in [0.2, 0.25) is 0 Å². The summed E-state index contributed by atoms with van der Waals surface area (Å²) in [5.74, 6) is 0.00354. The van der Waals surface area contributed by atoms with Crippen LogP contribution in [-0.2, 0) is 6.54 Å².